The summed E-state index contributed by atoms with van der Waals surface area (Å²) < 4.78 is 34.3. The number of thioether (sulfide) groups is 1. The zero-order chi connectivity index (χ0) is 28.7. The van der Waals surface area contributed by atoms with E-state index in [4.69, 9.17) is 9.47 Å². The number of halogens is 1. The van der Waals surface area contributed by atoms with E-state index in [2.05, 4.69) is 4.74 Å². The number of ether oxygens (including phenoxy) is 3. The van der Waals surface area contributed by atoms with Crippen LogP contribution in [0.15, 0.2) is 64.4 Å². The third kappa shape index (κ3) is 3.56. The Morgan fingerprint density at radius 1 is 1.12 bits per heavy atom. The third-order valence-corrected chi connectivity index (χ3v) is 10.7. The summed E-state index contributed by atoms with van der Waals surface area (Å²) in [5.74, 6) is -0.636. The lowest BCUT2D eigenvalue weighted by molar-refractivity contribution is -0.0756. The highest BCUT2D eigenvalue weighted by molar-refractivity contribution is 7.98. The van der Waals surface area contributed by atoms with Crippen LogP contribution in [0.1, 0.15) is 58.9 Å². The van der Waals surface area contributed by atoms with E-state index >= 15 is 4.39 Å². The Morgan fingerprint density at radius 2 is 1.98 bits per heavy atom. The summed E-state index contributed by atoms with van der Waals surface area (Å²) in [5.41, 5.74) is 1.18. The molecule has 1 spiro atoms. The number of amides is 1. The smallest absolute Gasteiger partial charge is 0.437 e. The van der Waals surface area contributed by atoms with Crippen LogP contribution in [0.4, 0.5) is 9.18 Å². The van der Waals surface area contributed by atoms with Crippen LogP contribution in [-0.2, 0) is 15.2 Å². The highest BCUT2D eigenvalue weighted by Gasteiger charge is 2.63. The second-order valence-electron chi connectivity index (χ2n) is 11.5. The van der Waals surface area contributed by atoms with Crippen molar-refractivity contribution >= 4 is 23.8 Å². The number of nitrogens with zero attached hydrogens (tertiary/aromatic N) is 3. The summed E-state index contributed by atoms with van der Waals surface area (Å²) in [6, 6.07) is 13.7. The number of carbonyl (C=O) groups excluding carboxylic acids is 2. The lowest BCUT2D eigenvalue weighted by Gasteiger charge is -2.57. The van der Waals surface area contributed by atoms with Crippen LogP contribution in [0, 0.1) is 11.7 Å². The fourth-order valence-corrected chi connectivity index (χ4v) is 8.94. The largest absolute Gasteiger partial charge is 0.513 e. The van der Waals surface area contributed by atoms with Gasteiger partial charge in [-0.3, -0.25) is 19.3 Å². The van der Waals surface area contributed by atoms with E-state index in [9.17, 15) is 14.4 Å². The minimum atomic E-state index is -1.10. The first-order chi connectivity index (χ1) is 20.4. The number of pyridine rings is 1. The molecule has 0 unspecified atom stereocenters. The van der Waals surface area contributed by atoms with Crippen molar-refractivity contribution < 1.29 is 28.2 Å². The minimum absolute atomic E-state index is 0.0372. The summed E-state index contributed by atoms with van der Waals surface area (Å²) in [4.78, 5) is 42.4. The SMILES string of the molecule is COC(=O)Oc1c2n(ccc1=O)N([C@@H]1c3ccccc3SCc3cccc(F)c31)[C@@H]1[C@H]3C[C@@H]4CC[C@@]3(CCN1C2=O)O4. The fourth-order valence-electron chi connectivity index (χ4n) is 7.86. The van der Waals surface area contributed by atoms with Crippen LogP contribution in [0.3, 0.4) is 0 Å². The van der Waals surface area contributed by atoms with Gasteiger partial charge in [0, 0.05) is 40.9 Å². The second kappa shape index (κ2) is 9.34. The van der Waals surface area contributed by atoms with Crippen molar-refractivity contribution in [1.29, 1.82) is 0 Å². The fraction of sp³-hybridized carbons (Fsp3) is 0.387. The van der Waals surface area contributed by atoms with Crippen molar-refractivity contribution in [3.05, 3.63) is 93.2 Å². The summed E-state index contributed by atoms with van der Waals surface area (Å²) in [6.07, 6.45) is 3.38. The van der Waals surface area contributed by atoms with Gasteiger partial charge in [-0.2, -0.15) is 0 Å². The Balaban J connectivity index is 1.43. The molecule has 42 heavy (non-hydrogen) atoms. The van der Waals surface area contributed by atoms with Crippen LogP contribution in [0.25, 0.3) is 0 Å². The number of rotatable bonds is 2. The van der Waals surface area contributed by atoms with Crippen LogP contribution in [0.5, 0.6) is 5.75 Å². The number of carbonyl (C=O) groups is 2. The number of hydrogen-bond acceptors (Lipinski definition) is 8. The first kappa shape index (κ1) is 25.8. The van der Waals surface area contributed by atoms with Gasteiger partial charge in [-0.25, -0.2) is 9.18 Å². The van der Waals surface area contributed by atoms with Gasteiger partial charge < -0.3 is 19.1 Å². The zero-order valence-corrected chi connectivity index (χ0v) is 23.6. The van der Waals surface area contributed by atoms with E-state index in [-0.39, 0.29) is 29.1 Å². The summed E-state index contributed by atoms with van der Waals surface area (Å²) in [6.45, 7) is 0.386. The normalized spacial score (nSPS) is 28.7. The molecule has 0 N–H and O–H groups in total. The van der Waals surface area contributed by atoms with Crippen molar-refractivity contribution in [1.82, 2.24) is 9.58 Å². The number of benzene rings is 2. The van der Waals surface area contributed by atoms with Gasteiger partial charge in [0.25, 0.3) is 5.91 Å². The van der Waals surface area contributed by atoms with Gasteiger partial charge in [0.05, 0.1) is 18.8 Å². The van der Waals surface area contributed by atoms with Crippen LogP contribution in [0.2, 0.25) is 0 Å². The molecule has 3 saturated heterocycles. The molecule has 5 aliphatic rings. The maximum Gasteiger partial charge on any atom is 0.513 e. The molecule has 2 aromatic carbocycles. The van der Waals surface area contributed by atoms with Crippen molar-refractivity contribution in [3.63, 3.8) is 0 Å². The molecule has 5 aliphatic heterocycles. The van der Waals surface area contributed by atoms with E-state index in [1.54, 1.807) is 27.4 Å². The zero-order valence-electron chi connectivity index (χ0n) is 22.8. The Kier molecular flexibility index (Phi) is 5.75. The topological polar surface area (TPSA) is 90.3 Å². The average molecular weight is 590 g/mol. The molecule has 8 rings (SSSR count). The number of piperidine rings is 1. The molecule has 1 amide bonds. The van der Waals surface area contributed by atoms with Gasteiger partial charge in [0.2, 0.25) is 11.2 Å². The van der Waals surface area contributed by atoms with E-state index in [1.165, 1.54) is 18.3 Å². The molecule has 0 radical (unpaired) electrons. The summed E-state index contributed by atoms with van der Waals surface area (Å²) >= 11 is 1.64. The molecule has 0 saturated carbocycles. The lowest BCUT2D eigenvalue weighted by atomic mass is 9.71. The van der Waals surface area contributed by atoms with Gasteiger partial charge in [0.15, 0.2) is 5.69 Å². The number of fused-ring (bicyclic) bond motifs is 6. The number of hydrogen-bond donors (Lipinski definition) is 0. The Bertz CT molecular complexity index is 1710. The molecule has 6 heterocycles. The van der Waals surface area contributed by atoms with E-state index in [0.717, 1.165) is 42.4 Å². The number of aromatic nitrogens is 1. The van der Waals surface area contributed by atoms with Gasteiger partial charge >= 0.3 is 6.16 Å². The molecular weight excluding hydrogens is 561 g/mol. The van der Waals surface area contributed by atoms with E-state index < -0.39 is 35.4 Å². The quantitative estimate of drug-likeness (QED) is 0.401. The van der Waals surface area contributed by atoms with Crippen molar-refractivity contribution in [2.24, 2.45) is 5.92 Å². The minimum Gasteiger partial charge on any atom is -0.437 e. The van der Waals surface area contributed by atoms with Gasteiger partial charge in [-0.1, -0.05) is 30.3 Å². The molecule has 2 bridgehead atoms. The molecule has 3 fully saturated rings. The standard InChI is InChI=1S/C31H28FN3O6S/c1-39-30(38)40-27-22(36)10-13-34-26(27)29(37)33-14-12-31-11-9-18(41-31)15-20(31)28(33)35(34)25-19-6-2-3-8-23(19)42-16-17-5-4-7-21(32)24(17)25/h2-8,10,13,18,20,25,28H,9,11-12,14-16H2,1H3/t18-,20+,25+,28+,31-/m0/s1. The van der Waals surface area contributed by atoms with E-state index in [1.807, 2.05) is 35.3 Å². The van der Waals surface area contributed by atoms with Crippen molar-refractivity contribution in [2.75, 3.05) is 18.7 Å². The second-order valence-corrected chi connectivity index (χ2v) is 12.5. The molecule has 3 aromatic rings. The molecule has 5 atom stereocenters. The third-order valence-electron chi connectivity index (χ3n) is 9.59. The van der Waals surface area contributed by atoms with Gasteiger partial charge in [-0.05, 0) is 48.9 Å². The first-order valence-corrected chi connectivity index (χ1v) is 15.2. The molecule has 216 valence electrons. The molecule has 9 nitrogen and oxygen atoms in total. The van der Waals surface area contributed by atoms with Crippen molar-refractivity contribution in [2.45, 2.75) is 60.2 Å². The number of methoxy groups -OCH3 is 1. The average Bonchev–Trinajstić information content (AvgIpc) is 3.53. The monoisotopic (exact) mass is 589 g/mol. The first-order valence-electron chi connectivity index (χ1n) is 14.2. The maximum absolute atomic E-state index is 16.1. The Hall–Kier alpha value is -3.83. The molecular formula is C31H28FN3O6S. The van der Waals surface area contributed by atoms with Gasteiger partial charge in [-0.15, -0.1) is 11.8 Å². The van der Waals surface area contributed by atoms with Gasteiger partial charge in [0.1, 0.15) is 18.0 Å². The predicted molar refractivity (Wildman–Crippen MR) is 151 cm³/mol. The Morgan fingerprint density at radius 3 is 2.81 bits per heavy atom. The Labute approximate surface area is 245 Å². The summed E-state index contributed by atoms with van der Waals surface area (Å²) in [5, 5.41) is 2.03. The highest BCUT2D eigenvalue weighted by atomic mass is 32.2. The van der Waals surface area contributed by atoms with Crippen LogP contribution in [-0.4, -0.2) is 53.2 Å². The molecule has 1 aromatic heterocycles. The van der Waals surface area contributed by atoms with Crippen LogP contribution >= 0.6 is 11.8 Å². The highest BCUT2D eigenvalue weighted by Crippen LogP contribution is 2.57. The van der Waals surface area contributed by atoms with E-state index in [0.29, 0.717) is 24.3 Å². The van der Waals surface area contributed by atoms with Crippen LogP contribution < -0.4 is 15.2 Å². The molecule has 0 aliphatic carbocycles. The lowest BCUT2D eigenvalue weighted by Crippen LogP contribution is -2.70. The summed E-state index contributed by atoms with van der Waals surface area (Å²) in [7, 11) is 1.14. The predicted octanol–water partition coefficient (Wildman–Crippen LogP) is 4.59. The van der Waals surface area contributed by atoms with Crippen molar-refractivity contribution in [3.8, 4) is 5.75 Å². The maximum atomic E-state index is 16.1. The molecule has 11 heteroatoms.